The third kappa shape index (κ3) is 6.93. The summed E-state index contributed by atoms with van der Waals surface area (Å²) in [5.74, 6) is 0. The van der Waals surface area contributed by atoms with Crippen LogP contribution >= 0.6 is 0 Å². The molecule has 1 heteroatoms. The molecule has 0 unspecified atom stereocenters. The molecule has 12 rings (SSSR count). The normalized spacial score (nSPS) is 13.6. The summed E-state index contributed by atoms with van der Waals surface area (Å²) in [5.41, 5.74) is 25.7. The Kier molecular flexibility index (Phi) is 9.59. The Balaban J connectivity index is 1.08. The van der Waals surface area contributed by atoms with Crippen LogP contribution < -0.4 is 4.90 Å². The fraction of sp³-hybridized carbons (Fsp3) is 0.0909. The summed E-state index contributed by atoms with van der Waals surface area (Å²) in [5, 5.41) is 0. The predicted molar refractivity (Wildman–Crippen MR) is 283 cm³/mol. The zero-order valence-corrected chi connectivity index (χ0v) is 38.5. The monoisotopic (exact) mass is 857 g/mol. The van der Waals surface area contributed by atoms with Crippen molar-refractivity contribution >= 4 is 17.1 Å². The summed E-state index contributed by atoms with van der Waals surface area (Å²) in [6.45, 7) is 9.47. The Labute approximate surface area is 395 Å². The van der Waals surface area contributed by atoms with Crippen LogP contribution in [0.1, 0.15) is 49.9 Å². The minimum absolute atomic E-state index is 0.113. The molecule has 0 atom stereocenters. The molecular weight excluding hydrogens is 807 g/mol. The van der Waals surface area contributed by atoms with Gasteiger partial charge in [-0.2, -0.15) is 0 Å². The molecule has 0 aliphatic heterocycles. The maximum Gasteiger partial charge on any atom is 0.0473 e. The molecule has 0 fully saturated rings. The fourth-order valence-electron chi connectivity index (χ4n) is 11.1. The van der Waals surface area contributed by atoms with Crippen LogP contribution in [0, 0.1) is 0 Å². The molecule has 0 N–H and O–H groups in total. The van der Waals surface area contributed by atoms with Gasteiger partial charge in [-0.15, -0.1) is 0 Å². The molecule has 10 aromatic rings. The van der Waals surface area contributed by atoms with Crippen molar-refractivity contribution in [2.24, 2.45) is 0 Å². The lowest BCUT2D eigenvalue weighted by Crippen LogP contribution is -2.15. The number of hydrogen-bond donors (Lipinski definition) is 0. The molecule has 320 valence electrons. The van der Waals surface area contributed by atoms with Gasteiger partial charge >= 0.3 is 0 Å². The van der Waals surface area contributed by atoms with E-state index in [9.17, 15) is 0 Å². The van der Waals surface area contributed by atoms with E-state index in [0.29, 0.717) is 0 Å². The number of benzene rings is 10. The summed E-state index contributed by atoms with van der Waals surface area (Å²) in [7, 11) is 0. The predicted octanol–water partition coefficient (Wildman–Crippen LogP) is 18.1. The van der Waals surface area contributed by atoms with Gasteiger partial charge in [-0.25, -0.2) is 0 Å². The zero-order chi connectivity index (χ0) is 45.3. The van der Waals surface area contributed by atoms with Gasteiger partial charge in [0.1, 0.15) is 0 Å². The largest absolute Gasteiger partial charge is 0.310 e. The number of rotatable bonds is 8. The van der Waals surface area contributed by atoms with Gasteiger partial charge in [-0.05, 0) is 161 Å². The highest BCUT2D eigenvalue weighted by Gasteiger charge is 2.36. The number of anilines is 3. The van der Waals surface area contributed by atoms with Crippen molar-refractivity contribution in [3.05, 3.63) is 259 Å². The van der Waals surface area contributed by atoms with Crippen molar-refractivity contribution in [2.75, 3.05) is 4.90 Å². The van der Waals surface area contributed by atoms with E-state index >= 15 is 0 Å². The van der Waals surface area contributed by atoms with Crippen molar-refractivity contribution in [3.63, 3.8) is 0 Å². The molecule has 2 aliphatic carbocycles. The van der Waals surface area contributed by atoms with Crippen molar-refractivity contribution in [1.29, 1.82) is 0 Å². The summed E-state index contributed by atoms with van der Waals surface area (Å²) in [4.78, 5) is 2.47. The first-order valence-electron chi connectivity index (χ1n) is 23.6. The van der Waals surface area contributed by atoms with Crippen LogP contribution in [0.5, 0.6) is 0 Å². The van der Waals surface area contributed by atoms with Gasteiger partial charge in [0.25, 0.3) is 0 Å². The van der Waals surface area contributed by atoms with Gasteiger partial charge in [0.2, 0.25) is 0 Å². The highest BCUT2D eigenvalue weighted by atomic mass is 15.1. The third-order valence-electron chi connectivity index (χ3n) is 14.6. The van der Waals surface area contributed by atoms with Crippen molar-refractivity contribution in [1.82, 2.24) is 0 Å². The van der Waals surface area contributed by atoms with Crippen LogP contribution in [0.15, 0.2) is 237 Å². The van der Waals surface area contributed by atoms with Crippen molar-refractivity contribution in [2.45, 2.75) is 38.5 Å². The molecule has 0 spiro atoms. The van der Waals surface area contributed by atoms with Crippen LogP contribution in [-0.2, 0) is 10.8 Å². The van der Waals surface area contributed by atoms with Crippen LogP contribution in [0.2, 0.25) is 0 Å². The molecule has 0 heterocycles. The maximum absolute atomic E-state index is 2.47. The molecular formula is C66H51N. The quantitative estimate of drug-likeness (QED) is 0.147. The van der Waals surface area contributed by atoms with E-state index in [-0.39, 0.29) is 10.8 Å². The summed E-state index contributed by atoms with van der Waals surface area (Å²) >= 11 is 0. The molecule has 0 saturated heterocycles. The lowest BCUT2D eigenvalue weighted by Gasteiger charge is -2.28. The summed E-state index contributed by atoms with van der Waals surface area (Å²) in [6.07, 6.45) is 0. The Hall–Kier alpha value is -8.00. The van der Waals surface area contributed by atoms with Crippen molar-refractivity contribution < 1.29 is 0 Å². The number of nitrogens with zero attached hydrogens (tertiary/aromatic N) is 1. The van der Waals surface area contributed by atoms with Gasteiger partial charge in [0.15, 0.2) is 0 Å². The highest BCUT2D eigenvalue weighted by molar-refractivity contribution is 5.91. The smallest absolute Gasteiger partial charge is 0.0473 e. The van der Waals surface area contributed by atoms with Gasteiger partial charge in [0, 0.05) is 27.9 Å². The molecule has 1 nitrogen and oxygen atoms in total. The van der Waals surface area contributed by atoms with Crippen LogP contribution in [-0.4, -0.2) is 0 Å². The first-order chi connectivity index (χ1) is 32.7. The molecule has 0 amide bonds. The van der Waals surface area contributed by atoms with E-state index in [1.54, 1.807) is 0 Å². The van der Waals surface area contributed by atoms with E-state index in [1.165, 1.54) is 100 Å². The second-order valence-electron chi connectivity index (χ2n) is 19.4. The summed E-state index contributed by atoms with van der Waals surface area (Å²) < 4.78 is 0. The molecule has 67 heavy (non-hydrogen) atoms. The van der Waals surface area contributed by atoms with E-state index < -0.39 is 0 Å². The van der Waals surface area contributed by atoms with Gasteiger partial charge < -0.3 is 4.90 Å². The average Bonchev–Trinajstić information content (AvgIpc) is 3.76. The van der Waals surface area contributed by atoms with E-state index in [1.807, 2.05) is 0 Å². The third-order valence-corrected chi connectivity index (χ3v) is 14.6. The molecule has 2 aliphatic rings. The van der Waals surface area contributed by atoms with Gasteiger partial charge in [0.05, 0.1) is 0 Å². The molecule has 0 radical (unpaired) electrons. The van der Waals surface area contributed by atoms with Gasteiger partial charge in [-0.3, -0.25) is 0 Å². The Morgan fingerprint density at radius 3 is 0.955 bits per heavy atom. The van der Waals surface area contributed by atoms with E-state index in [2.05, 4.69) is 269 Å². The SMILES string of the molecule is CC1(C)c2ccccc2-c2ccc(-c3cc(-c4ccccc4)cc(N(c4ccc(-c5ccccc5)cc4)c4cc(-c5ccccc5)cc(-c5ccc6c(c5)C(C)(C)c5ccccc5-6)c4)c3)cc21. The van der Waals surface area contributed by atoms with Crippen LogP contribution in [0.3, 0.4) is 0 Å². The standard InChI is InChI=1S/C66H51N/c1-65(2)61-26-16-14-24-57(61)59-34-30-48(42-63(59)65)52-36-50(45-20-10-6-11-21-45)38-55(40-52)67(54-32-28-47(29-33-54)44-18-8-5-9-19-44)56-39-51(46-22-12-7-13-23-46)37-53(41-56)49-31-35-60-58-25-15-17-27-62(58)66(3,4)64(60)43-49/h5-43H,1-4H3. The lowest BCUT2D eigenvalue weighted by atomic mass is 9.81. The zero-order valence-electron chi connectivity index (χ0n) is 38.5. The lowest BCUT2D eigenvalue weighted by molar-refractivity contribution is 0.660. The summed E-state index contributed by atoms with van der Waals surface area (Å²) in [6, 6.07) is 87.8. The van der Waals surface area contributed by atoms with Crippen LogP contribution in [0.25, 0.3) is 77.9 Å². The van der Waals surface area contributed by atoms with Gasteiger partial charge in [-0.1, -0.05) is 204 Å². The second-order valence-corrected chi connectivity index (χ2v) is 19.4. The topological polar surface area (TPSA) is 3.24 Å². The minimum Gasteiger partial charge on any atom is -0.310 e. The number of hydrogen-bond acceptors (Lipinski definition) is 1. The number of fused-ring (bicyclic) bond motifs is 6. The first kappa shape index (κ1) is 40.5. The molecule has 0 saturated carbocycles. The fourth-order valence-corrected chi connectivity index (χ4v) is 11.1. The second kappa shape index (κ2) is 15.9. The average molecular weight is 858 g/mol. The van der Waals surface area contributed by atoms with Crippen molar-refractivity contribution in [3.8, 4) is 77.9 Å². The van der Waals surface area contributed by atoms with Crippen LogP contribution in [0.4, 0.5) is 17.1 Å². The van der Waals surface area contributed by atoms with E-state index in [0.717, 1.165) is 17.1 Å². The Morgan fingerprint density at radius 1 is 0.224 bits per heavy atom. The Morgan fingerprint density at radius 2 is 0.537 bits per heavy atom. The Bertz CT molecular complexity index is 3290. The first-order valence-corrected chi connectivity index (χ1v) is 23.6. The molecule has 0 aromatic heterocycles. The molecule has 0 bridgehead atoms. The maximum atomic E-state index is 2.47. The van der Waals surface area contributed by atoms with E-state index in [4.69, 9.17) is 0 Å². The highest BCUT2D eigenvalue weighted by Crippen LogP contribution is 2.52. The minimum atomic E-state index is -0.113. The molecule has 10 aromatic carbocycles.